The van der Waals surface area contributed by atoms with Crippen molar-refractivity contribution in [3.8, 4) is 11.4 Å². The van der Waals surface area contributed by atoms with Crippen LogP contribution in [0.4, 0.5) is 5.00 Å². The minimum atomic E-state index is -0.478. The Morgan fingerprint density at radius 2 is 2.15 bits per heavy atom. The number of allylic oxidation sites excluding steroid dienone is 3. The van der Waals surface area contributed by atoms with Crippen LogP contribution >= 0.6 is 11.3 Å². The van der Waals surface area contributed by atoms with Gasteiger partial charge in [0.1, 0.15) is 0 Å². The van der Waals surface area contributed by atoms with Crippen molar-refractivity contribution in [2.45, 2.75) is 19.3 Å². The summed E-state index contributed by atoms with van der Waals surface area (Å²) in [6.45, 7) is 1.01. The summed E-state index contributed by atoms with van der Waals surface area (Å²) in [4.78, 5) is 38.3. The Kier molecular flexibility index (Phi) is 6.78. The summed E-state index contributed by atoms with van der Waals surface area (Å²) in [6, 6.07) is 1.38. The average Bonchev–Trinajstić information content (AvgIpc) is 3.49. The SMILES string of the molecule is O=C(CCc1nc(-c2csc([N+](=O)[O-])c2)no1)NCCCNC1=C2C=CC=CC2C(=O)N=N1. The number of nitro groups is 1. The number of hydrogen-bond acceptors (Lipinski definition) is 10. The number of fused-ring (bicyclic) bond motifs is 1. The van der Waals surface area contributed by atoms with E-state index in [4.69, 9.17) is 4.52 Å². The van der Waals surface area contributed by atoms with Crippen LogP contribution in [0, 0.1) is 16.0 Å². The monoisotopic (exact) mass is 469 g/mol. The Labute approximate surface area is 191 Å². The van der Waals surface area contributed by atoms with Crippen molar-refractivity contribution < 1.29 is 19.0 Å². The van der Waals surface area contributed by atoms with Gasteiger partial charge in [0.05, 0.1) is 10.8 Å². The quantitative estimate of drug-likeness (QED) is 0.304. The number of nitrogens with zero attached hydrogens (tertiary/aromatic N) is 5. The summed E-state index contributed by atoms with van der Waals surface area (Å²) in [5.41, 5.74) is 1.29. The van der Waals surface area contributed by atoms with Gasteiger partial charge in [-0.3, -0.25) is 19.7 Å². The predicted octanol–water partition coefficient (Wildman–Crippen LogP) is 2.68. The molecule has 0 saturated heterocycles. The van der Waals surface area contributed by atoms with Crippen LogP contribution < -0.4 is 10.6 Å². The number of carbonyl (C=O) groups is 2. The summed E-state index contributed by atoms with van der Waals surface area (Å²) in [6.07, 6.45) is 8.36. The zero-order chi connectivity index (χ0) is 23.2. The van der Waals surface area contributed by atoms with Crippen LogP contribution in [0.1, 0.15) is 18.7 Å². The Bertz CT molecular complexity index is 1190. The number of aryl methyl sites for hydroxylation is 1. The van der Waals surface area contributed by atoms with E-state index < -0.39 is 10.8 Å². The van der Waals surface area contributed by atoms with Gasteiger partial charge in [-0.1, -0.05) is 40.8 Å². The van der Waals surface area contributed by atoms with Gasteiger partial charge in [0.15, 0.2) is 5.82 Å². The van der Waals surface area contributed by atoms with Crippen LogP contribution in [0.15, 0.2) is 61.9 Å². The second kappa shape index (κ2) is 10.1. The molecule has 4 rings (SSSR count). The predicted molar refractivity (Wildman–Crippen MR) is 117 cm³/mol. The highest BCUT2D eigenvalue weighted by atomic mass is 32.1. The minimum absolute atomic E-state index is 0.00545. The summed E-state index contributed by atoms with van der Waals surface area (Å²) in [5, 5.41) is 29.7. The molecule has 2 N–H and O–H groups in total. The largest absolute Gasteiger partial charge is 0.368 e. The third-order valence-corrected chi connectivity index (χ3v) is 5.72. The van der Waals surface area contributed by atoms with Gasteiger partial charge in [0.25, 0.3) is 5.91 Å². The second-order valence-electron chi connectivity index (χ2n) is 7.14. The molecule has 3 heterocycles. The lowest BCUT2D eigenvalue weighted by Gasteiger charge is -2.20. The molecule has 0 aromatic carbocycles. The number of carbonyl (C=O) groups excluding carboxylic acids is 2. The van der Waals surface area contributed by atoms with E-state index in [0.29, 0.717) is 30.9 Å². The average molecular weight is 469 g/mol. The normalized spacial score (nSPS) is 16.7. The smallest absolute Gasteiger partial charge is 0.324 e. The third-order valence-electron chi connectivity index (χ3n) is 4.84. The van der Waals surface area contributed by atoms with Crippen molar-refractivity contribution in [1.82, 2.24) is 20.8 Å². The van der Waals surface area contributed by atoms with Crippen LogP contribution in [0.25, 0.3) is 11.4 Å². The number of nitrogens with one attached hydrogen (secondary N) is 2. The van der Waals surface area contributed by atoms with Crippen molar-refractivity contribution in [1.29, 1.82) is 0 Å². The Hall–Kier alpha value is -4.00. The van der Waals surface area contributed by atoms with E-state index in [-0.39, 0.29) is 41.4 Å². The molecular formula is C20H19N7O5S. The number of amides is 2. The molecule has 0 radical (unpaired) electrons. The molecule has 0 fully saturated rings. The number of thiophene rings is 1. The van der Waals surface area contributed by atoms with E-state index in [1.807, 2.05) is 18.2 Å². The molecule has 0 spiro atoms. The van der Waals surface area contributed by atoms with E-state index >= 15 is 0 Å². The molecule has 2 amide bonds. The lowest BCUT2D eigenvalue weighted by atomic mass is 9.93. The maximum absolute atomic E-state index is 12.1. The molecule has 1 aliphatic heterocycles. The Balaban J connectivity index is 1.16. The Morgan fingerprint density at radius 3 is 2.97 bits per heavy atom. The standard InChI is InChI=1S/C20H19N7O5S/c28-15(6-7-16-23-18(26-32-16)12-10-17(27(30)31)33-11-12)21-8-3-9-22-19-13-4-1-2-5-14(13)20(29)25-24-19/h1-2,4-5,10-11,14,22H,3,6-9H2,(H,21,28). The molecule has 2 aromatic heterocycles. The fraction of sp³-hybridized carbons (Fsp3) is 0.300. The number of aromatic nitrogens is 2. The van der Waals surface area contributed by atoms with Crippen molar-refractivity contribution in [2.75, 3.05) is 13.1 Å². The molecule has 13 heteroatoms. The topological polar surface area (TPSA) is 165 Å². The Morgan fingerprint density at radius 1 is 1.27 bits per heavy atom. The van der Waals surface area contributed by atoms with Gasteiger partial charge in [-0.2, -0.15) is 4.98 Å². The zero-order valence-electron chi connectivity index (χ0n) is 17.3. The first kappa shape index (κ1) is 22.2. The molecule has 1 aliphatic carbocycles. The van der Waals surface area contributed by atoms with E-state index in [0.717, 1.165) is 16.9 Å². The van der Waals surface area contributed by atoms with Crippen LogP contribution in [-0.4, -0.2) is 40.0 Å². The molecule has 0 saturated carbocycles. The van der Waals surface area contributed by atoms with Crippen molar-refractivity contribution in [2.24, 2.45) is 16.1 Å². The first-order valence-corrected chi connectivity index (χ1v) is 11.0. The van der Waals surface area contributed by atoms with Crippen LogP contribution in [0.2, 0.25) is 0 Å². The van der Waals surface area contributed by atoms with E-state index in [2.05, 4.69) is 31.0 Å². The highest BCUT2D eigenvalue weighted by Gasteiger charge is 2.27. The maximum atomic E-state index is 12.1. The molecule has 0 bridgehead atoms. The zero-order valence-corrected chi connectivity index (χ0v) is 18.1. The maximum Gasteiger partial charge on any atom is 0.324 e. The van der Waals surface area contributed by atoms with Crippen molar-refractivity contribution in [3.63, 3.8) is 0 Å². The van der Waals surface area contributed by atoms with Crippen LogP contribution in [-0.2, 0) is 16.0 Å². The summed E-state index contributed by atoms with van der Waals surface area (Å²) < 4.78 is 5.13. The highest BCUT2D eigenvalue weighted by molar-refractivity contribution is 7.13. The van der Waals surface area contributed by atoms with Gasteiger partial charge in [-0.05, 0) is 6.42 Å². The second-order valence-corrected chi connectivity index (χ2v) is 8.03. The number of azo groups is 1. The van der Waals surface area contributed by atoms with Crippen molar-refractivity contribution in [3.05, 3.63) is 63.1 Å². The number of hydrogen-bond donors (Lipinski definition) is 2. The molecule has 1 unspecified atom stereocenters. The van der Waals surface area contributed by atoms with Crippen molar-refractivity contribution >= 4 is 28.2 Å². The molecule has 33 heavy (non-hydrogen) atoms. The first-order valence-electron chi connectivity index (χ1n) is 10.1. The summed E-state index contributed by atoms with van der Waals surface area (Å²) in [5.74, 6) is 0.262. The number of rotatable bonds is 10. The van der Waals surface area contributed by atoms with Gasteiger partial charge in [0.2, 0.25) is 17.6 Å². The molecular weight excluding hydrogens is 450 g/mol. The summed E-state index contributed by atoms with van der Waals surface area (Å²) in [7, 11) is 0. The lowest BCUT2D eigenvalue weighted by Crippen LogP contribution is -2.28. The van der Waals surface area contributed by atoms with Gasteiger partial charge in [0, 0.05) is 48.5 Å². The fourth-order valence-electron chi connectivity index (χ4n) is 3.18. The van der Waals surface area contributed by atoms with Gasteiger partial charge in [-0.15, -0.1) is 10.2 Å². The third kappa shape index (κ3) is 5.44. The van der Waals surface area contributed by atoms with E-state index in [9.17, 15) is 19.7 Å². The first-order chi connectivity index (χ1) is 16.0. The molecule has 2 aromatic rings. The van der Waals surface area contributed by atoms with Crippen LogP contribution in [0.5, 0.6) is 0 Å². The highest BCUT2D eigenvalue weighted by Crippen LogP contribution is 2.29. The van der Waals surface area contributed by atoms with E-state index in [1.165, 1.54) is 6.07 Å². The van der Waals surface area contributed by atoms with Gasteiger partial charge < -0.3 is 15.2 Å². The molecule has 1 atom stereocenters. The van der Waals surface area contributed by atoms with Gasteiger partial charge in [-0.25, -0.2) is 0 Å². The lowest BCUT2D eigenvalue weighted by molar-refractivity contribution is -0.380. The summed E-state index contributed by atoms with van der Waals surface area (Å²) >= 11 is 0.982. The van der Waals surface area contributed by atoms with Crippen LogP contribution in [0.3, 0.4) is 0 Å². The molecule has 170 valence electrons. The van der Waals surface area contributed by atoms with E-state index in [1.54, 1.807) is 11.5 Å². The molecule has 12 nitrogen and oxygen atoms in total. The fourth-order valence-corrected chi connectivity index (χ4v) is 3.89. The molecule has 2 aliphatic rings. The van der Waals surface area contributed by atoms with Gasteiger partial charge >= 0.3 is 5.00 Å². The minimum Gasteiger partial charge on any atom is -0.368 e.